The van der Waals surface area contributed by atoms with Crippen molar-refractivity contribution in [2.24, 2.45) is 5.73 Å². The van der Waals surface area contributed by atoms with Gasteiger partial charge in [-0.2, -0.15) is 0 Å². The third kappa shape index (κ3) is 3.15. The maximum Gasteiger partial charge on any atom is 0.242 e. The topological polar surface area (TPSA) is 66.6 Å². The minimum Gasteiger partial charge on any atom is -0.366 e. The van der Waals surface area contributed by atoms with Gasteiger partial charge in [0.05, 0.1) is 11.2 Å². The summed E-state index contributed by atoms with van der Waals surface area (Å²) in [5.41, 5.74) is 6.41. The van der Waals surface area contributed by atoms with Crippen LogP contribution in [0.3, 0.4) is 0 Å². The van der Waals surface area contributed by atoms with Gasteiger partial charge in [-0.1, -0.05) is 12.8 Å². The maximum atomic E-state index is 14.3. The highest BCUT2D eigenvalue weighted by molar-refractivity contribution is 5.94. The van der Waals surface area contributed by atoms with Crippen molar-refractivity contribution >= 4 is 17.4 Å². The largest absolute Gasteiger partial charge is 0.366 e. The number of hydrogen-bond acceptors (Lipinski definition) is 4. The lowest BCUT2D eigenvalue weighted by Crippen LogP contribution is -2.58. The Morgan fingerprint density at radius 2 is 1.75 bits per heavy atom. The van der Waals surface area contributed by atoms with Crippen molar-refractivity contribution in [1.29, 1.82) is 0 Å². The first-order valence-corrected chi connectivity index (χ1v) is 8.54. The van der Waals surface area contributed by atoms with E-state index in [1.54, 1.807) is 12.1 Å². The average Bonchev–Trinajstić information content (AvgIpc) is 3.02. The predicted molar refractivity (Wildman–Crippen MR) is 90.6 cm³/mol. The molecule has 2 fully saturated rings. The Balaban J connectivity index is 1.65. The molecule has 0 aromatic heterocycles. The second-order valence-electron chi connectivity index (χ2n) is 6.86. The highest BCUT2D eigenvalue weighted by Gasteiger charge is 2.40. The number of Topliss-reactive ketones (excluding diaryl/α,β-unsaturated/α-hetero) is 1. The van der Waals surface area contributed by atoms with Gasteiger partial charge in [0.25, 0.3) is 0 Å². The van der Waals surface area contributed by atoms with E-state index in [9.17, 15) is 14.0 Å². The first-order chi connectivity index (χ1) is 11.4. The van der Waals surface area contributed by atoms with Crippen LogP contribution in [0.1, 0.15) is 43.0 Å². The van der Waals surface area contributed by atoms with Gasteiger partial charge in [-0.05, 0) is 38.0 Å². The molecule has 6 heteroatoms. The number of nitrogens with zero attached hydrogens (tertiary/aromatic N) is 2. The van der Waals surface area contributed by atoms with Crippen molar-refractivity contribution in [2.75, 3.05) is 31.1 Å². The zero-order valence-electron chi connectivity index (χ0n) is 14.1. The molecule has 130 valence electrons. The fourth-order valence-corrected chi connectivity index (χ4v) is 3.67. The number of hydrogen-bond donors (Lipinski definition) is 1. The van der Waals surface area contributed by atoms with Gasteiger partial charge >= 0.3 is 0 Å². The van der Waals surface area contributed by atoms with Crippen molar-refractivity contribution in [3.05, 3.63) is 29.6 Å². The number of halogens is 1. The van der Waals surface area contributed by atoms with Crippen LogP contribution in [0.4, 0.5) is 10.1 Å². The Bertz CT molecular complexity index is 648. The van der Waals surface area contributed by atoms with E-state index in [2.05, 4.69) is 0 Å². The summed E-state index contributed by atoms with van der Waals surface area (Å²) in [4.78, 5) is 27.7. The lowest BCUT2D eigenvalue weighted by molar-refractivity contribution is -0.137. The third-order valence-electron chi connectivity index (χ3n) is 5.18. The number of carbonyl (C=O) groups excluding carboxylic acids is 2. The van der Waals surface area contributed by atoms with Gasteiger partial charge in [0, 0.05) is 31.7 Å². The molecule has 2 aliphatic rings. The Morgan fingerprint density at radius 3 is 2.29 bits per heavy atom. The standard InChI is InChI=1S/C18H24FN3O2/c1-13(23)14-4-5-16(15(19)12-14)21-8-10-22(11-9-21)17(24)18(20)6-2-3-7-18/h4-5,12H,2-3,6-11,20H2,1H3. The molecule has 1 saturated heterocycles. The fraction of sp³-hybridized carbons (Fsp3) is 0.556. The highest BCUT2D eigenvalue weighted by atomic mass is 19.1. The Hall–Kier alpha value is -1.95. The molecule has 0 unspecified atom stereocenters. The van der Waals surface area contributed by atoms with Crippen molar-refractivity contribution in [3.63, 3.8) is 0 Å². The number of ketones is 1. The van der Waals surface area contributed by atoms with Crippen LogP contribution < -0.4 is 10.6 Å². The molecule has 1 aromatic rings. The number of piperazine rings is 1. The minimum atomic E-state index is -0.698. The Kier molecular flexibility index (Phi) is 4.58. The minimum absolute atomic E-state index is 0.0343. The van der Waals surface area contributed by atoms with E-state index in [1.165, 1.54) is 13.0 Å². The lowest BCUT2D eigenvalue weighted by Gasteiger charge is -2.39. The van der Waals surface area contributed by atoms with Gasteiger partial charge in [-0.15, -0.1) is 0 Å². The van der Waals surface area contributed by atoms with Gasteiger partial charge in [0.2, 0.25) is 5.91 Å². The second kappa shape index (κ2) is 6.51. The third-order valence-corrected chi connectivity index (χ3v) is 5.18. The number of benzene rings is 1. The highest BCUT2D eigenvalue weighted by Crippen LogP contribution is 2.30. The quantitative estimate of drug-likeness (QED) is 0.859. The fourth-order valence-electron chi connectivity index (χ4n) is 3.67. The van der Waals surface area contributed by atoms with Crippen LogP contribution in [0.15, 0.2) is 18.2 Å². The molecule has 3 rings (SSSR count). The zero-order chi connectivity index (χ0) is 17.3. The van der Waals surface area contributed by atoms with Gasteiger partial charge in [-0.25, -0.2) is 4.39 Å². The van der Waals surface area contributed by atoms with E-state index < -0.39 is 11.4 Å². The molecule has 0 spiro atoms. The summed E-state index contributed by atoms with van der Waals surface area (Å²) in [5, 5.41) is 0. The monoisotopic (exact) mass is 333 g/mol. The van der Waals surface area contributed by atoms with E-state index in [0.29, 0.717) is 37.4 Å². The van der Waals surface area contributed by atoms with Crippen molar-refractivity contribution in [1.82, 2.24) is 4.90 Å². The molecule has 1 saturated carbocycles. The van der Waals surface area contributed by atoms with Crippen LogP contribution in [0.25, 0.3) is 0 Å². The molecule has 2 N–H and O–H groups in total. The van der Waals surface area contributed by atoms with Crippen LogP contribution in [0.2, 0.25) is 0 Å². The van der Waals surface area contributed by atoms with E-state index in [0.717, 1.165) is 25.7 Å². The predicted octanol–water partition coefficient (Wildman–Crippen LogP) is 1.95. The summed E-state index contributed by atoms with van der Waals surface area (Å²) in [7, 11) is 0. The molecule has 0 atom stereocenters. The summed E-state index contributed by atoms with van der Waals surface area (Å²) < 4.78 is 14.3. The molecular formula is C18H24FN3O2. The van der Waals surface area contributed by atoms with Crippen molar-refractivity contribution in [3.8, 4) is 0 Å². The number of carbonyl (C=O) groups is 2. The van der Waals surface area contributed by atoms with Crippen LogP contribution in [0, 0.1) is 5.82 Å². The molecule has 1 amide bonds. The molecular weight excluding hydrogens is 309 g/mol. The molecule has 5 nitrogen and oxygen atoms in total. The molecule has 1 heterocycles. The smallest absolute Gasteiger partial charge is 0.242 e. The van der Waals surface area contributed by atoms with Gasteiger partial charge in [0.1, 0.15) is 5.82 Å². The second-order valence-corrected chi connectivity index (χ2v) is 6.86. The average molecular weight is 333 g/mol. The number of nitrogens with two attached hydrogens (primary N) is 1. The lowest BCUT2D eigenvalue weighted by atomic mass is 9.97. The summed E-state index contributed by atoms with van der Waals surface area (Å²) in [6, 6.07) is 4.57. The number of anilines is 1. The number of amides is 1. The first kappa shape index (κ1) is 16.9. The molecule has 0 bridgehead atoms. The van der Waals surface area contributed by atoms with Crippen LogP contribution in [0.5, 0.6) is 0 Å². The van der Waals surface area contributed by atoms with Gasteiger partial charge in [0.15, 0.2) is 5.78 Å². The SMILES string of the molecule is CC(=O)c1ccc(N2CCN(C(=O)C3(N)CCCC3)CC2)c(F)c1. The molecule has 1 aliphatic carbocycles. The summed E-state index contributed by atoms with van der Waals surface area (Å²) >= 11 is 0. The summed E-state index contributed by atoms with van der Waals surface area (Å²) in [5.74, 6) is -0.513. The molecule has 24 heavy (non-hydrogen) atoms. The zero-order valence-corrected chi connectivity index (χ0v) is 14.1. The summed E-state index contributed by atoms with van der Waals surface area (Å²) in [6.07, 6.45) is 3.53. The molecule has 1 aliphatic heterocycles. The van der Waals surface area contributed by atoms with Gasteiger partial charge in [-0.3, -0.25) is 9.59 Å². The maximum absolute atomic E-state index is 14.3. The van der Waals surface area contributed by atoms with Gasteiger partial charge < -0.3 is 15.5 Å². The molecule has 0 radical (unpaired) electrons. The first-order valence-electron chi connectivity index (χ1n) is 8.54. The summed E-state index contributed by atoms with van der Waals surface area (Å²) in [6.45, 7) is 3.65. The van der Waals surface area contributed by atoms with E-state index in [4.69, 9.17) is 5.73 Å². The van der Waals surface area contributed by atoms with E-state index in [-0.39, 0.29) is 11.7 Å². The van der Waals surface area contributed by atoms with E-state index in [1.807, 2.05) is 9.80 Å². The van der Waals surface area contributed by atoms with Crippen LogP contribution in [-0.4, -0.2) is 48.3 Å². The Morgan fingerprint density at radius 1 is 1.12 bits per heavy atom. The number of rotatable bonds is 3. The molecule has 1 aromatic carbocycles. The van der Waals surface area contributed by atoms with E-state index >= 15 is 0 Å². The Labute approximate surface area is 141 Å². The van der Waals surface area contributed by atoms with Crippen LogP contribution >= 0.6 is 0 Å². The van der Waals surface area contributed by atoms with Crippen molar-refractivity contribution < 1.29 is 14.0 Å². The van der Waals surface area contributed by atoms with Crippen molar-refractivity contribution in [2.45, 2.75) is 38.1 Å². The normalized spacial score (nSPS) is 20.3. The van der Waals surface area contributed by atoms with Crippen LogP contribution in [-0.2, 0) is 4.79 Å².